The van der Waals surface area contributed by atoms with Crippen molar-refractivity contribution in [2.45, 2.75) is 73.6 Å². The summed E-state index contributed by atoms with van der Waals surface area (Å²) in [7, 11) is 0. The third-order valence-electron chi connectivity index (χ3n) is 7.76. The van der Waals surface area contributed by atoms with Gasteiger partial charge in [-0.2, -0.15) is 0 Å². The summed E-state index contributed by atoms with van der Waals surface area (Å²) in [6.07, 6.45) is 4.66. The Balaban J connectivity index is 1.78. The van der Waals surface area contributed by atoms with E-state index < -0.39 is 11.6 Å². The number of benzene rings is 3. The Bertz CT molecular complexity index is 1150. The zero-order valence-electron chi connectivity index (χ0n) is 23.8. The highest BCUT2D eigenvalue weighted by molar-refractivity contribution is 5.71. The molecule has 0 aromatic heterocycles. The molecule has 0 aliphatic carbocycles. The van der Waals surface area contributed by atoms with Crippen molar-refractivity contribution in [3.8, 4) is 28.4 Å². The Labute approximate surface area is 227 Å². The van der Waals surface area contributed by atoms with E-state index >= 15 is 8.78 Å². The van der Waals surface area contributed by atoms with Crippen molar-refractivity contribution in [3.05, 3.63) is 76.9 Å². The number of halogens is 2. The molecule has 206 valence electrons. The lowest BCUT2D eigenvalue weighted by Gasteiger charge is -2.31. The van der Waals surface area contributed by atoms with Crippen LogP contribution in [0.1, 0.15) is 70.6 Å². The Hall–Kier alpha value is -3.08. The minimum absolute atomic E-state index is 0.0298. The van der Waals surface area contributed by atoms with Crippen molar-refractivity contribution in [1.29, 1.82) is 0 Å². The Kier molecular flexibility index (Phi) is 10.6. The highest BCUT2D eigenvalue weighted by atomic mass is 19.1. The summed E-state index contributed by atoms with van der Waals surface area (Å²) in [6.45, 7) is 13.6. The summed E-state index contributed by atoms with van der Waals surface area (Å²) >= 11 is 0. The van der Waals surface area contributed by atoms with Gasteiger partial charge in [0.15, 0.2) is 17.4 Å². The molecular weight excluding hydrogens is 482 g/mol. The first kappa shape index (κ1) is 29.5. The largest absolute Gasteiger partial charge is 0.493 e. The van der Waals surface area contributed by atoms with Gasteiger partial charge in [-0.3, -0.25) is 0 Å². The van der Waals surface area contributed by atoms with Gasteiger partial charge in [0, 0.05) is 5.41 Å². The zero-order chi connectivity index (χ0) is 27.7. The lowest BCUT2D eigenvalue weighted by Crippen LogP contribution is -2.26. The molecule has 3 nitrogen and oxygen atoms in total. The molecule has 0 saturated heterocycles. The summed E-state index contributed by atoms with van der Waals surface area (Å²) in [5, 5.41) is 0. The zero-order valence-corrected chi connectivity index (χ0v) is 23.8. The molecule has 0 N–H and O–H groups in total. The maximum absolute atomic E-state index is 15.0. The minimum atomic E-state index is -0.727. The van der Waals surface area contributed by atoms with Crippen LogP contribution >= 0.6 is 0 Å². The molecule has 3 rings (SSSR count). The molecule has 5 heteroatoms. The van der Waals surface area contributed by atoms with Crippen molar-refractivity contribution < 1.29 is 23.0 Å². The first-order valence-corrected chi connectivity index (χ1v) is 13.9. The predicted octanol–water partition coefficient (Wildman–Crippen LogP) is 9.12. The fraction of sp³-hybridized carbons (Fsp3) is 0.455. The molecule has 0 atom stereocenters. The molecule has 3 aromatic carbocycles. The summed E-state index contributed by atoms with van der Waals surface area (Å²) in [6, 6.07) is 14.4. The lowest BCUT2D eigenvalue weighted by molar-refractivity contribution is 0.127. The molecule has 0 amide bonds. The van der Waals surface area contributed by atoms with Crippen LogP contribution in [0.5, 0.6) is 17.2 Å². The van der Waals surface area contributed by atoms with Crippen LogP contribution in [0.15, 0.2) is 48.5 Å². The van der Waals surface area contributed by atoms with Crippen LogP contribution in [-0.4, -0.2) is 19.8 Å². The fourth-order valence-electron chi connectivity index (χ4n) is 4.72. The standard InChI is InChI=1S/C33H42F2O3/c1-7-24-21-31(38-22-33(9-3,10-4)11-5)25(8-2)18-28(24)26-19-29(34)32(30(35)20-26)37-17-16-36-27-14-12-23(6)13-15-27/h12-15,18-21H,7-11,16-17,22H2,1-6H3. The molecule has 3 aromatic rings. The average Bonchev–Trinajstić information content (AvgIpc) is 2.93. The Morgan fingerprint density at radius 2 is 1.26 bits per heavy atom. The highest BCUT2D eigenvalue weighted by Gasteiger charge is 2.25. The van der Waals surface area contributed by atoms with Crippen LogP contribution in [0.25, 0.3) is 11.1 Å². The molecule has 38 heavy (non-hydrogen) atoms. The molecule has 0 aliphatic rings. The summed E-state index contributed by atoms with van der Waals surface area (Å²) in [5.74, 6) is -0.289. The summed E-state index contributed by atoms with van der Waals surface area (Å²) < 4.78 is 47.5. The van der Waals surface area contributed by atoms with Gasteiger partial charge < -0.3 is 14.2 Å². The van der Waals surface area contributed by atoms with E-state index in [1.807, 2.05) is 50.2 Å². The van der Waals surface area contributed by atoms with Crippen LogP contribution in [0.4, 0.5) is 8.78 Å². The van der Waals surface area contributed by atoms with Gasteiger partial charge in [-0.25, -0.2) is 8.78 Å². The predicted molar refractivity (Wildman–Crippen MR) is 152 cm³/mol. The SMILES string of the molecule is CCc1cc(-c2cc(F)c(OCCOc3ccc(C)cc3)c(F)c2)c(CC)cc1OCC(CC)(CC)CC. The number of hydrogen-bond acceptors (Lipinski definition) is 3. The van der Waals surface area contributed by atoms with Crippen molar-refractivity contribution in [2.24, 2.45) is 5.41 Å². The van der Waals surface area contributed by atoms with Gasteiger partial charge in [-0.1, -0.05) is 52.3 Å². The highest BCUT2D eigenvalue weighted by Crippen LogP contribution is 2.37. The first-order valence-electron chi connectivity index (χ1n) is 13.9. The van der Waals surface area contributed by atoms with E-state index in [0.717, 1.165) is 53.7 Å². The van der Waals surface area contributed by atoms with Gasteiger partial charge in [-0.15, -0.1) is 0 Å². The van der Waals surface area contributed by atoms with Gasteiger partial charge >= 0.3 is 0 Å². The molecule has 0 heterocycles. The monoisotopic (exact) mass is 524 g/mol. The van der Waals surface area contributed by atoms with Crippen LogP contribution in [0, 0.1) is 24.0 Å². The van der Waals surface area contributed by atoms with Gasteiger partial charge in [-0.05, 0) is 97.7 Å². The van der Waals surface area contributed by atoms with Crippen LogP contribution in [0.3, 0.4) is 0 Å². The van der Waals surface area contributed by atoms with E-state index in [1.54, 1.807) is 0 Å². The van der Waals surface area contributed by atoms with Gasteiger partial charge in [0.2, 0.25) is 0 Å². The topological polar surface area (TPSA) is 27.7 Å². The van der Waals surface area contributed by atoms with E-state index in [0.29, 0.717) is 24.3 Å². The van der Waals surface area contributed by atoms with Crippen molar-refractivity contribution >= 4 is 0 Å². The smallest absolute Gasteiger partial charge is 0.190 e. The average molecular weight is 525 g/mol. The second-order valence-corrected chi connectivity index (χ2v) is 9.95. The van der Waals surface area contributed by atoms with E-state index in [2.05, 4.69) is 27.7 Å². The first-order chi connectivity index (χ1) is 18.3. The van der Waals surface area contributed by atoms with Crippen LogP contribution in [0.2, 0.25) is 0 Å². The summed E-state index contributed by atoms with van der Waals surface area (Å²) in [5.41, 5.74) is 4.62. The molecule has 0 aliphatic heterocycles. The second kappa shape index (κ2) is 13.6. The quantitative estimate of drug-likeness (QED) is 0.197. The fourth-order valence-corrected chi connectivity index (χ4v) is 4.72. The minimum Gasteiger partial charge on any atom is -0.493 e. The lowest BCUT2D eigenvalue weighted by atomic mass is 9.81. The second-order valence-electron chi connectivity index (χ2n) is 9.95. The molecular formula is C33H42F2O3. The normalized spacial score (nSPS) is 11.5. The number of aryl methyl sites for hydroxylation is 3. The van der Waals surface area contributed by atoms with Crippen LogP contribution < -0.4 is 14.2 Å². The molecule has 0 radical (unpaired) electrons. The Morgan fingerprint density at radius 1 is 0.684 bits per heavy atom. The van der Waals surface area contributed by atoms with Crippen molar-refractivity contribution in [1.82, 2.24) is 0 Å². The maximum Gasteiger partial charge on any atom is 0.190 e. The summed E-state index contributed by atoms with van der Waals surface area (Å²) in [4.78, 5) is 0. The van der Waals surface area contributed by atoms with Gasteiger partial charge in [0.25, 0.3) is 0 Å². The van der Waals surface area contributed by atoms with Crippen molar-refractivity contribution in [3.63, 3.8) is 0 Å². The molecule has 0 spiro atoms. The van der Waals surface area contributed by atoms with E-state index in [1.165, 1.54) is 12.1 Å². The van der Waals surface area contributed by atoms with E-state index in [-0.39, 0.29) is 24.4 Å². The van der Waals surface area contributed by atoms with Crippen molar-refractivity contribution in [2.75, 3.05) is 19.8 Å². The molecule has 0 bridgehead atoms. The third kappa shape index (κ3) is 7.06. The number of rotatable bonds is 14. The third-order valence-corrected chi connectivity index (χ3v) is 7.76. The molecule has 0 unspecified atom stereocenters. The van der Waals surface area contributed by atoms with Gasteiger partial charge in [0.05, 0.1) is 6.61 Å². The van der Waals surface area contributed by atoms with Crippen LogP contribution in [-0.2, 0) is 12.8 Å². The maximum atomic E-state index is 15.0. The molecule has 0 saturated carbocycles. The number of ether oxygens (including phenoxy) is 3. The number of hydrogen-bond donors (Lipinski definition) is 0. The van der Waals surface area contributed by atoms with E-state index in [9.17, 15) is 0 Å². The Morgan fingerprint density at radius 3 is 1.82 bits per heavy atom. The van der Waals surface area contributed by atoms with E-state index in [4.69, 9.17) is 14.2 Å². The van der Waals surface area contributed by atoms with Gasteiger partial charge in [0.1, 0.15) is 24.7 Å². The molecule has 0 fully saturated rings.